The third-order valence-electron chi connectivity index (χ3n) is 5.61. The normalized spacial score (nSPS) is 13.8. The first-order valence-corrected chi connectivity index (χ1v) is 10.6. The Kier molecular flexibility index (Phi) is 5.54. The summed E-state index contributed by atoms with van der Waals surface area (Å²) in [6.07, 6.45) is 1.37. The number of aromatic hydroxyl groups is 1. The number of aromatic amines is 1. The van der Waals surface area contributed by atoms with Crippen LogP contribution in [0.3, 0.4) is 0 Å². The minimum atomic E-state index is -0.283. The molecule has 33 heavy (non-hydrogen) atoms. The molecular formula is C24H23N5O4. The molecule has 2 aromatic heterocycles. The number of hydrogen-bond acceptors (Lipinski definition) is 8. The van der Waals surface area contributed by atoms with E-state index in [1.165, 1.54) is 13.4 Å². The number of H-pyrrole nitrogens is 1. The Bertz CT molecular complexity index is 1350. The van der Waals surface area contributed by atoms with Crippen LogP contribution in [0, 0.1) is 0 Å². The van der Waals surface area contributed by atoms with Crippen molar-refractivity contribution < 1.29 is 14.6 Å². The molecule has 0 amide bonds. The second-order valence-corrected chi connectivity index (χ2v) is 7.64. The fraction of sp³-hybridized carbons (Fsp3) is 0.208. The van der Waals surface area contributed by atoms with Gasteiger partial charge in [0.05, 0.1) is 37.9 Å². The highest BCUT2D eigenvalue weighted by Crippen LogP contribution is 2.33. The van der Waals surface area contributed by atoms with E-state index >= 15 is 0 Å². The molecule has 0 saturated carbocycles. The molecule has 0 aliphatic carbocycles. The second-order valence-electron chi connectivity index (χ2n) is 7.64. The molecule has 0 spiro atoms. The standard InChI is InChI=1S/C24H23N5O4/c1-32-21-12-15(2-7-20(21)30)18-13-19-22(24(31)26-14-25-19)23(28-18)27-16-3-5-17(6-4-16)29-8-10-33-11-9-29/h2-7,12-14,30H,8-11H2,1H3,(H,27,28)(H,25,26,31). The predicted molar refractivity (Wildman–Crippen MR) is 127 cm³/mol. The lowest BCUT2D eigenvalue weighted by Crippen LogP contribution is -2.36. The van der Waals surface area contributed by atoms with Crippen LogP contribution in [0.1, 0.15) is 0 Å². The molecule has 0 bridgehead atoms. The van der Waals surface area contributed by atoms with Crippen molar-refractivity contribution in [3.05, 3.63) is 65.2 Å². The topological polar surface area (TPSA) is 113 Å². The van der Waals surface area contributed by atoms with Gasteiger partial charge < -0.3 is 29.8 Å². The average molecular weight is 445 g/mol. The first kappa shape index (κ1) is 20.8. The summed E-state index contributed by atoms with van der Waals surface area (Å²) in [5, 5.41) is 13.6. The first-order chi connectivity index (χ1) is 16.1. The van der Waals surface area contributed by atoms with Crippen LogP contribution in [0.5, 0.6) is 11.5 Å². The average Bonchev–Trinajstić information content (AvgIpc) is 2.85. The van der Waals surface area contributed by atoms with Crippen molar-refractivity contribution in [3.63, 3.8) is 0 Å². The fourth-order valence-corrected chi connectivity index (χ4v) is 3.88. The number of nitrogens with zero attached hydrogens (tertiary/aromatic N) is 3. The first-order valence-electron chi connectivity index (χ1n) is 10.6. The zero-order chi connectivity index (χ0) is 22.8. The number of methoxy groups -OCH3 is 1. The smallest absolute Gasteiger partial charge is 0.262 e. The van der Waals surface area contributed by atoms with E-state index in [1.54, 1.807) is 24.3 Å². The monoisotopic (exact) mass is 445 g/mol. The Labute approximate surface area is 189 Å². The van der Waals surface area contributed by atoms with E-state index in [2.05, 4.69) is 20.2 Å². The SMILES string of the molecule is COc1cc(-c2cc3nc[nH]c(=O)c3c(Nc3ccc(N4CCOCC4)cc3)n2)ccc1O. The van der Waals surface area contributed by atoms with Crippen LogP contribution in [-0.2, 0) is 4.74 Å². The quantitative estimate of drug-likeness (QED) is 0.429. The maximum atomic E-state index is 12.6. The van der Waals surface area contributed by atoms with Crippen molar-refractivity contribution in [2.45, 2.75) is 0 Å². The van der Waals surface area contributed by atoms with E-state index in [9.17, 15) is 9.90 Å². The van der Waals surface area contributed by atoms with Crippen molar-refractivity contribution in [2.75, 3.05) is 43.6 Å². The number of ether oxygens (including phenoxy) is 2. The molecule has 1 aliphatic rings. The molecule has 1 saturated heterocycles. The van der Waals surface area contributed by atoms with Crippen LogP contribution < -0.4 is 20.5 Å². The number of phenolic OH excluding ortho intramolecular Hbond substituents is 1. The van der Waals surface area contributed by atoms with Crippen molar-refractivity contribution >= 4 is 28.1 Å². The van der Waals surface area contributed by atoms with Crippen molar-refractivity contribution in [1.82, 2.24) is 15.0 Å². The lowest BCUT2D eigenvalue weighted by Gasteiger charge is -2.28. The van der Waals surface area contributed by atoms with E-state index in [1.807, 2.05) is 24.3 Å². The molecule has 168 valence electrons. The molecule has 9 heteroatoms. The van der Waals surface area contributed by atoms with Crippen molar-refractivity contribution in [2.24, 2.45) is 0 Å². The van der Waals surface area contributed by atoms with Crippen LogP contribution >= 0.6 is 0 Å². The van der Waals surface area contributed by atoms with Crippen LogP contribution in [0.4, 0.5) is 17.2 Å². The molecular weight excluding hydrogens is 422 g/mol. The predicted octanol–water partition coefficient (Wildman–Crippen LogP) is 3.28. The zero-order valence-corrected chi connectivity index (χ0v) is 18.0. The minimum absolute atomic E-state index is 0.0373. The molecule has 0 unspecified atom stereocenters. The summed E-state index contributed by atoms with van der Waals surface area (Å²) in [5.41, 5.74) is 3.44. The molecule has 0 radical (unpaired) electrons. The minimum Gasteiger partial charge on any atom is -0.504 e. The molecule has 1 aliphatic heterocycles. The molecule has 5 rings (SSSR count). The third-order valence-corrected chi connectivity index (χ3v) is 5.61. The summed E-state index contributed by atoms with van der Waals surface area (Å²) >= 11 is 0. The van der Waals surface area contributed by atoms with Gasteiger partial charge in [-0.15, -0.1) is 0 Å². The number of pyridine rings is 1. The molecule has 2 aromatic carbocycles. The van der Waals surface area contributed by atoms with Gasteiger partial charge in [-0.05, 0) is 48.5 Å². The van der Waals surface area contributed by atoms with Gasteiger partial charge in [-0.25, -0.2) is 9.97 Å². The highest BCUT2D eigenvalue weighted by Gasteiger charge is 2.15. The van der Waals surface area contributed by atoms with Crippen molar-refractivity contribution in [1.29, 1.82) is 0 Å². The van der Waals surface area contributed by atoms with Crippen LogP contribution in [-0.4, -0.2) is 53.5 Å². The lowest BCUT2D eigenvalue weighted by molar-refractivity contribution is 0.122. The van der Waals surface area contributed by atoms with Crippen LogP contribution in [0.15, 0.2) is 59.7 Å². The van der Waals surface area contributed by atoms with E-state index in [0.717, 1.165) is 43.2 Å². The Morgan fingerprint density at radius 3 is 2.67 bits per heavy atom. The summed E-state index contributed by atoms with van der Waals surface area (Å²) < 4.78 is 10.6. The fourth-order valence-electron chi connectivity index (χ4n) is 3.88. The summed E-state index contributed by atoms with van der Waals surface area (Å²) in [5.74, 6) is 0.764. The summed E-state index contributed by atoms with van der Waals surface area (Å²) in [7, 11) is 1.49. The Balaban J connectivity index is 1.53. The Morgan fingerprint density at radius 2 is 1.91 bits per heavy atom. The maximum Gasteiger partial charge on any atom is 0.262 e. The van der Waals surface area contributed by atoms with Gasteiger partial charge in [-0.3, -0.25) is 4.79 Å². The van der Waals surface area contributed by atoms with Gasteiger partial charge in [0.25, 0.3) is 5.56 Å². The molecule has 1 fully saturated rings. The van der Waals surface area contributed by atoms with E-state index in [4.69, 9.17) is 14.5 Å². The Morgan fingerprint density at radius 1 is 1.12 bits per heavy atom. The Hall–Kier alpha value is -4.11. The van der Waals surface area contributed by atoms with Gasteiger partial charge in [0.15, 0.2) is 11.5 Å². The number of anilines is 3. The number of phenols is 1. The number of hydrogen-bond donors (Lipinski definition) is 3. The molecule has 3 N–H and O–H groups in total. The van der Waals surface area contributed by atoms with E-state index in [0.29, 0.717) is 28.2 Å². The number of morpholine rings is 1. The van der Waals surface area contributed by atoms with Gasteiger partial charge in [0.2, 0.25) is 0 Å². The van der Waals surface area contributed by atoms with Crippen molar-refractivity contribution in [3.8, 4) is 22.8 Å². The summed E-state index contributed by atoms with van der Waals surface area (Å²) in [6, 6.07) is 14.7. The van der Waals surface area contributed by atoms with Gasteiger partial charge in [-0.1, -0.05) is 0 Å². The van der Waals surface area contributed by atoms with Gasteiger partial charge in [-0.2, -0.15) is 0 Å². The number of nitrogens with one attached hydrogen (secondary N) is 2. The van der Waals surface area contributed by atoms with E-state index in [-0.39, 0.29) is 11.3 Å². The molecule has 0 atom stereocenters. The highest BCUT2D eigenvalue weighted by atomic mass is 16.5. The second kappa shape index (κ2) is 8.79. The van der Waals surface area contributed by atoms with E-state index < -0.39 is 0 Å². The maximum absolute atomic E-state index is 12.6. The molecule has 4 aromatic rings. The third kappa shape index (κ3) is 4.18. The van der Waals surface area contributed by atoms with Gasteiger partial charge in [0, 0.05) is 30.0 Å². The highest BCUT2D eigenvalue weighted by molar-refractivity contribution is 5.93. The van der Waals surface area contributed by atoms with Crippen LogP contribution in [0.2, 0.25) is 0 Å². The number of fused-ring (bicyclic) bond motifs is 1. The zero-order valence-electron chi connectivity index (χ0n) is 18.0. The lowest BCUT2D eigenvalue weighted by atomic mass is 10.1. The number of benzene rings is 2. The van der Waals surface area contributed by atoms with Gasteiger partial charge >= 0.3 is 0 Å². The molecule has 3 heterocycles. The number of rotatable bonds is 5. The van der Waals surface area contributed by atoms with Crippen LogP contribution in [0.25, 0.3) is 22.2 Å². The summed E-state index contributed by atoms with van der Waals surface area (Å²) in [4.78, 5) is 26.5. The summed E-state index contributed by atoms with van der Waals surface area (Å²) in [6.45, 7) is 3.16. The number of aromatic nitrogens is 3. The van der Waals surface area contributed by atoms with Gasteiger partial charge in [0.1, 0.15) is 11.2 Å². The largest absolute Gasteiger partial charge is 0.504 e. The molecule has 9 nitrogen and oxygen atoms in total.